The molecule has 88 valence electrons. The number of pyridine rings is 1. The van der Waals surface area contributed by atoms with Gasteiger partial charge in [0.2, 0.25) is 5.91 Å². The predicted molar refractivity (Wildman–Crippen MR) is 64.9 cm³/mol. The minimum atomic E-state index is -0.425. The van der Waals surface area contributed by atoms with Gasteiger partial charge in [0.05, 0.1) is 5.69 Å². The van der Waals surface area contributed by atoms with Crippen molar-refractivity contribution >= 4 is 11.7 Å². The fourth-order valence-electron chi connectivity index (χ4n) is 1.08. The summed E-state index contributed by atoms with van der Waals surface area (Å²) in [7, 11) is 0. The molecule has 0 spiro atoms. The number of carbonyl (C=O) groups is 1. The molecule has 16 heavy (non-hydrogen) atoms. The monoisotopic (exact) mass is 221 g/mol. The molecular weight excluding hydrogens is 202 g/mol. The number of nitrogens with one attached hydrogen (secondary N) is 1. The number of carbonyl (C=O) groups excluding carboxylic acids is 1. The van der Waals surface area contributed by atoms with Crippen molar-refractivity contribution in [1.82, 2.24) is 4.98 Å². The molecule has 0 fully saturated rings. The lowest BCUT2D eigenvalue weighted by molar-refractivity contribution is -0.123. The summed E-state index contributed by atoms with van der Waals surface area (Å²) < 4.78 is 0. The molecule has 1 amide bonds. The average molecular weight is 221 g/mol. The minimum absolute atomic E-state index is 0.0539. The van der Waals surface area contributed by atoms with E-state index in [4.69, 9.17) is 5.73 Å². The van der Waals surface area contributed by atoms with E-state index in [0.717, 1.165) is 5.69 Å². The lowest BCUT2D eigenvalue weighted by atomic mass is 9.96. The normalized spacial score (nSPS) is 13.3. The van der Waals surface area contributed by atoms with Gasteiger partial charge in [-0.05, 0) is 19.1 Å². The Morgan fingerprint density at radius 1 is 1.44 bits per heavy atom. The number of nitrogens with zero attached hydrogens (tertiary/aromatic N) is 1. The Morgan fingerprint density at radius 2 is 2.06 bits per heavy atom. The van der Waals surface area contributed by atoms with Crippen LogP contribution in [0, 0.1) is 5.41 Å². The Hall–Kier alpha value is -1.42. The Balaban J connectivity index is 2.83. The van der Waals surface area contributed by atoms with Crippen LogP contribution in [0.1, 0.15) is 39.4 Å². The lowest BCUT2D eigenvalue weighted by Gasteiger charge is -2.17. The van der Waals surface area contributed by atoms with Crippen LogP contribution in [-0.2, 0) is 4.79 Å². The number of anilines is 1. The molecule has 1 rings (SSSR count). The average Bonchev–Trinajstić information content (AvgIpc) is 2.16. The summed E-state index contributed by atoms with van der Waals surface area (Å²) in [6.45, 7) is 7.44. The Kier molecular flexibility index (Phi) is 3.65. The maximum Gasteiger partial charge on any atom is 0.230 e. The second-order valence-corrected chi connectivity index (χ2v) is 4.94. The van der Waals surface area contributed by atoms with Crippen molar-refractivity contribution in [3.8, 4) is 0 Å². The van der Waals surface area contributed by atoms with E-state index in [9.17, 15) is 4.79 Å². The summed E-state index contributed by atoms with van der Waals surface area (Å²) >= 11 is 0. The van der Waals surface area contributed by atoms with E-state index in [1.54, 1.807) is 6.07 Å². The molecule has 0 aliphatic rings. The Morgan fingerprint density at radius 3 is 2.56 bits per heavy atom. The van der Waals surface area contributed by atoms with Crippen molar-refractivity contribution < 1.29 is 4.79 Å². The predicted octanol–water partition coefficient (Wildman–Crippen LogP) is 2.09. The van der Waals surface area contributed by atoms with Crippen LogP contribution in [0.4, 0.5) is 5.82 Å². The first-order valence-electron chi connectivity index (χ1n) is 5.34. The first kappa shape index (κ1) is 12.6. The highest BCUT2D eigenvalue weighted by Crippen LogP contribution is 2.17. The number of hydrogen-bond donors (Lipinski definition) is 2. The lowest BCUT2D eigenvalue weighted by Crippen LogP contribution is -2.28. The van der Waals surface area contributed by atoms with E-state index in [-0.39, 0.29) is 11.9 Å². The van der Waals surface area contributed by atoms with E-state index in [1.165, 1.54) is 0 Å². The molecule has 0 aromatic carbocycles. The standard InChI is InChI=1S/C12H19N3O/c1-8(13)9-6-5-7-10(14-9)15-11(16)12(2,3)4/h5-8H,13H2,1-4H3,(H,14,15,16)/t8-/m0/s1. The van der Waals surface area contributed by atoms with Crippen LogP contribution in [0.15, 0.2) is 18.2 Å². The van der Waals surface area contributed by atoms with Crippen molar-refractivity contribution in [2.24, 2.45) is 11.1 Å². The van der Waals surface area contributed by atoms with E-state index in [0.29, 0.717) is 5.82 Å². The quantitative estimate of drug-likeness (QED) is 0.803. The molecule has 0 bridgehead atoms. The number of rotatable bonds is 2. The van der Waals surface area contributed by atoms with Gasteiger partial charge < -0.3 is 11.1 Å². The molecule has 0 aliphatic heterocycles. The number of nitrogens with two attached hydrogens (primary N) is 1. The topological polar surface area (TPSA) is 68.0 Å². The highest BCUT2D eigenvalue weighted by Gasteiger charge is 2.21. The Labute approximate surface area is 96.3 Å². The third kappa shape index (κ3) is 3.31. The summed E-state index contributed by atoms with van der Waals surface area (Å²) in [5.41, 5.74) is 6.07. The maximum atomic E-state index is 11.7. The molecule has 3 N–H and O–H groups in total. The van der Waals surface area contributed by atoms with E-state index < -0.39 is 5.41 Å². The molecule has 1 heterocycles. The zero-order valence-corrected chi connectivity index (χ0v) is 10.2. The van der Waals surface area contributed by atoms with Crippen molar-refractivity contribution in [3.05, 3.63) is 23.9 Å². The van der Waals surface area contributed by atoms with Gasteiger partial charge in [0, 0.05) is 11.5 Å². The van der Waals surface area contributed by atoms with Crippen LogP contribution < -0.4 is 11.1 Å². The van der Waals surface area contributed by atoms with Gasteiger partial charge in [-0.3, -0.25) is 4.79 Å². The molecule has 0 aliphatic carbocycles. The third-order valence-electron chi connectivity index (χ3n) is 2.16. The van der Waals surface area contributed by atoms with E-state index >= 15 is 0 Å². The molecule has 4 heteroatoms. The molecule has 1 atom stereocenters. The fraction of sp³-hybridized carbons (Fsp3) is 0.500. The zero-order valence-electron chi connectivity index (χ0n) is 10.2. The molecule has 1 aromatic heterocycles. The molecule has 0 saturated carbocycles. The smallest absolute Gasteiger partial charge is 0.230 e. The molecule has 0 unspecified atom stereocenters. The molecular formula is C12H19N3O. The van der Waals surface area contributed by atoms with Gasteiger partial charge in [-0.1, -0.05) is 26.8 Å². The van der Waals surface area contributed by atoms with Crippen LogP contribution >= 0.6 is 0 Å². The van der Waals surface area contributed by atoms with Crippen LogP contribution in [0.25, 0.3) is 0 Å². The third-order valence-corrected chi connectivity index (χ3v) is 2.16. The SMILES string of the molecule is C[C@H](N)c1cccc(NC(=O)C(C)(C)C)n1. The van der Waals surface area contributed by atoms with Crippen LogP contribution in [0.3, 0.4) is 0 Å². The van der Waals surface area contributed by atoms with E-state index in [1.807, 2.05) is 39.8 Å². The van der Waals surface area contributed by atoms with Crippen molar-refractivity contribution in [2.45, 2.75) is 33.7 Å². The molecule has 0 saturated heterocycles. The van der Waals surface area contributed by atoms with Gasteiger partial charge >= 0.3 is 0 Å². The van der Waals surface area contributed by atoms with Crippen LogP contribution in [0.2, 0.25) is 0 Å². The fourth-order valence-corrected chi connectivity index (χ4v) is 1.08. The second-order valence-electron chi connectivity index (χ2n) is 4.94. The van der Waals surface area contributed by atoms with Crippen molar-refractivity contribution in [1.29, 1.82) is 0 Å². The summed E-state index contributed by atoms with van der Waals surface area (Å²) in [5.74, 6) is 0.497. The molecule has 0 radical (unpaired) electrons. The van der Waals surface area contributed by atoms with E-state index in [2.05, 4.69) is 10.3 Å². The first-order valence-corrected chi connectivity index (χ1v) is 5.34. The van der Waals surface area contributed by atoms with Crippen LogP contribution in [0.5, 0.6) is 0 Å². The van der Waals surface area contributed by atoms with Gasteiger partial charge in [0.25, 0.3) is 0 Å². The summed E-state index contributed by atoms with van der Waals surface area (Å²) in [6.07, 6.45) is 0. The second kappa shape index (κ2) is 4.61. The zero-order chi connectivity index (χ0) is 12.3. The number of hydrogen-bond acceptors (Lipinski definition) is 3. The summed E-state index contributed by atoms with van der Waals surface area (Å²) in [4.78, 5) is 16.0. The number of aromatic nitrogens is 1. The molecule has 4 nitrogen and oxygen atoms in total. The largest absolute Gasteiger partial charge is 0.323 e. The summed E-state index contributed by atoms with van der Waals surface area (Å²) in [6, 6.07) is 5.31. The maximum absolute atomic E-state index is 11.7. The van der Waals surface area contributed by atoms with Crippen molar-refractivity contribution in [2.75, 3.05) is 5.32 Å². The first-order chi connectivity index (χ1) is 7.30. The highest BCUT2D eigenvalue weighted by atomic mass is 16.2. The Bertz CT molecular complexity index is 380. The van der Waals surface area contributed by atoms with Crippen molar-refractivity contribution in [3.63, 3.8) is 0 Å². The van der Waals surface area contributed by atoms with Gasteiger partial charge in [-0.25, -0.2) is 4.98 Å². The van der Waals surface area contributed by atoms with Gasteiger partial charge in [0.15, 0.2) is 0 Å². The van der Waals surface area contributed by atoms with Gasteiger partial charge in [-0.2, -0.15) is 0 Å². The minimum Gasteiger partial charge on any atom is -0.323 e. The number of amides is 1. The van der Waals surface area contributed by atoms with Gasteiger partial charge in [0.1, 0.15) is 5.82 Å². The molecule has 1 aromatic rings. The highest BCUT2D eigenvalue weighted by molar-refractivity contribution is 5.93. The van der Waals surface area contributed by atoms with Gasteiger partial charge in [-0.15, -0.1) is 0 Å². The van der Waals surface area contributed by atoms with Crippen LogP contribution in [-0.4, -0.2) is 10.9 Å². The summed E-state index contributed by atoms with van der Waals surface area (Å²) in [5, 5.41) is 2.77.